The Labute approximate surface area is 117 Å². The van der Waals surface area contributed by atoms with Gasteiger partial charge in [0, 0.05) is 48.9 Å². The molecule has 1 N–H and O–H groups in total. The van der Waals surface area contributed by atoms with Crippen molar-refractivity contribution in [2.45, 2.75) is 12.5 Å². The van der Waals surface area contributed by atoms with E-state index in [2.05, 4.69) is 55.3 Å². The maximum absolute atomic E-state index is 3.55. The van der Waals surface area contributed by atoms with E-state index in [4.69, 9.17) is 0 Å². The van der Waals surface area contributed by atoms with Crippen molar-refractivity contribution < 1.29 is 0 Å². The molecule has 1 atom stereocenters. The Morgan fingerprint density at radius 3 is 2.67 bits per heavy atom. The van der Waals surface area contributed by atoms with Gasteiger partial charge in [0.1, 0.15) is 0 Å². The van der Waals surface area contributed by atoms with E-state index in [1.807, 2.05) is 0 Å². The maximum Gasteiger partial charge on any atom is 0.0378 e. The molecule has 3 rings (SSSR count). The van der Waals surface area contributed by atoms with Gasteiger partial charge in [-0.05, 0) is 31.2 Å². The average Bonchev–Trinajstić information content (AvgIpc) is 2.93. The van der Waals surface area contributed by atoms with Gasteiger partial charge in [-0.2, -0.15) is 0 Å². The molecule has 1 aromatic carbocycles. The smallest absolute Gasteiger partial charge is 0.0378 e. The van der Waals surface area contributed by atoms with Gasteiger partial charge in [0.2, 0.25) is 0 Å². The molecule has 0 spiro atoms. The second kappa shape index (κ2) is 5.59. The number of anilines is 1. The normalized spacial score (nSPS) is 25.6. The highest BCUT2D eigenvalue weighted by Gasteiger charge is 2.25. The first-order valence-corrected chi connectivity index (χ1v) is 7.57. The molecule has 18 heavy (non-hydrogen) atoms. The molecule has 2 aliphatic heterocycles. The number of piperazine rings is 1. The molecule has 0 saturated carbocycles. The Balaban J connectivity index is 1.59. The third-order valence-electron chi connectivity index (χ3n) is 4.04. The van der Waals surface area contributed by atoms with E-state index in [0.717, 1.165) is 19.1 Å². The van der Waals surface area contributed by atoms with Crippen molar-refractivity contribution in [1.82, 2.24) is 10.2 Å². The van der Waals surface area contributed by atoms with Crippen LogP contribution in [0.25, 0.3) is 0 Å². The van der Waals surface area contributed by atoms with Gasteiger partial charge in [0.05, 0.1) is 0 Å². The largest absolute Gasteiger partial charge is 0.369 e. The van der Waals surface area contributed by atoms with Crippen LogP contribution < -0.4 is 10.2 Å². The lowest BCUT2D eigenvalue weighted by Gasteiger charge is -2.39. The molecule has 0 radical (unpaired) electrons. The highest BCUT2D eigenvalue weighted by Crippen LogP contribution is 2.22. The van der Waals surface area contributed by atoms with Crippen molar-refractivity contribution in [3.63, 3.8) is 0 Å². The fourth-order valence-corrected chi connectivity index (χ4v) is 3.36. The number of benzene rings is 1. The van der Waals surface area contributed by atoms with Crippen molar-refractivity contribution >= 4 is 21.6 Å². The van der Waals surface area contributed by atoms with Crippen molar-refractivity contribution in [2.75, 3.05) is 44.2 Å². The van der Waals surface area contributed by atoms with Gasteiger partial charge < -0.3 is 10.2 Å². The van der Waals surface area contributed by atoms with Gasteiger partial charge in [0.25, 0.3) is 0 Å². The zero-order chi connectivity index (χ0) is 12.4. The molecule has 2 fully saturated rings. The second-order valence-electron chi connectivity index (χ2n) is 5.15. The third-order valence-corrected chi connectivity index (χ3v) is 4.53. The number of rotatable bonds is 2. The van der Waals surface area contributed by atoms with Gasteiger partial charge in [-0.3, -0.25) is 4.90 Å². The highest BCUT2D eigenvalue weighted by atomic mass is 79.9. The summed E-state index contributed by atoms with van der Waals surface area (Å²) in [5, 5.41) is 3.46. The monoisotopic (exact) mass is 309 g/mol. The van der Waals surface area contributed by atoms with Crippen molar-refractivity contribution in [1.29, 1.82) is 0 Å². The van der Waals surface area contributed by atoms with E-state index in [0.29, 0.717) is 0 Å². The average molecular weight is 310 g/mol. The lowest BCUT2D eigenvalue weighted by Crippen LogP contribution is -2.51. The number of hydrogen-bond donors (Lipinski definition) is 1. The van der Waals surface area contributed by atoms with Gasteiger partial charge in [-0.1, -0.05) is 22.0 Å². The highest BCUT2D eigenvalue weighted by molar-refractivity contribution is 9.10. The zero-order valence-corrected chi connectivity index (χ0v) is 12.2. The standard InChI is InChI=1S/C14H20BrN3/c15-12-2-1-3-13(10-12)17-6-8-18(9-7-17)14-4-5-16-11-14/h1-3,10,14,16H,4-9,11H2. The Kier molecular flexibility index (Phi) is 3.87. The van der Waals surface area contributed by atoms with Crippen molar-refractivity contribution in [2.24, 2.45) is 0 Å². The van der Waals surface area contributed by atoms with Gasteiger partial charge in [0.15, 0.2) is 0 Å². The van der Waals surface area contributed by atoms with Crippen LogP contribution in [0.4, 0.5) is 5.69 Å². The van der Waals surface area contributed by atoms with Crippen LogP contribution in [0, 0.1) is 0 Å². The zero-order valence-electron chi connectivity index (χ0n) is 10.6. The molecule has 2 aliphatic rings. The van der Waals surface area contributed by atoms with Crippen LogP contribution in [0.5, 0.6) is 0 Å². The van der Waals surface area contributed by atoms with E-state index in [-0.39, 0.29) is 0 Å². The summed E-state index contributed by atoms with van der Waals surface area (Å²) >= 11 is 3.55. The molecule has 2 saturated heterocycles. The Morgan fingerprint density at radius 1 is 1.17 bits per heavy atom. The van der Waals surface area contributed by atoms with E-state index < -0.39 is 0 Å². The number of halogens is 1. The molecule has 98 valence electrons. The molecule has 2 heterocycles. The first kappa shape index (κ1) is 12.5. The third kappa shape index (κ3) is 2.71. The van der Waals surface area contributed by atoms with Crippen LogP contribution >= 0.6 is 15.9 Å². The second-order valence-corrected chi connectivity index (χ2v) is 6.07. The van der Waals surface area contributed by atoms with E-state index in [9.17, 15) is 0 Å². The molecule has 0 bridgehead atoms. The molecule has 4 heteroatoms. The predicted molar refractivity (Wildman–Crippen MR) is 79.2 cm³/mol. The first-order valence-electron chi connectivity index (χ1n) is 6.78. The molecule has 0 aliphatic carbocycles. The van der Waals surface area contributed by atoms with Gasteiger partial charge in [-0.25, -0.2) is 0 Å². The van der Waals surface area contributed by atoms with Crippen LogP contribution in [-0.4, -0.2) is 50.2 Å². The Bertz CT molecular complexity index is 396. The number of nitrogens with zero attached hydrogens (tertiary/aromatic N) is 2. The summed E-state index contributed by atoms with van der Waals surface area (Å²) < 4.78 is 1.17. The van der Waals surface area contributed by atoms with E-state index in [1.165, 1.54) is 42.8 Å². The fraction of sp³-hybridized carbons (Fsp3) is 0.571. The summed E-state index contributed by atoms with van der Waals surface area (Å²) in [5.74, 6) is 0. The predicted octanol–water partition coefficient (Wildman–Crippen LogP) is 1.93. The molecular weight excluding hydrogens is 290 g/mol. The van der Waals surface area contributed by atoms with Crippen LogP contribution in [0.3, 0.4) is 0 Å². The SMILES string of the molecule is Brc1cccc(N2CCN(C3CCNC3)CC2)c1. The molecular formula is C14H20BrN3. The van der Waals surface area contributed by atoms with Crippen LogP contribution in [0.2, 0.25) is 0 Å². The Morgan fingerprint density at radius 2 is 2.00 bits per heavy atom. The van der Waals surface area contributed by atoms with Gasteiger partial charge in [-0.15, -0.1) is 0 Å². The van der Waals surface area contributed by atoms with E-state index >= 15 is 0 Å². The summed E-state index contributed by atoms with van der Waals surface area (Å²) in [6, 6.07) is 9.40. The maximum atomic E-state index is 3.55. The molecule has 0 amide bonds. The fourth-order valence-electron chi connectivity index (χ4n) is 2.97. The molecule has 1 unspecified atom stereocenters. The van der Waals surface area contributed by atoms with Gasteiger partial charge >= 0.3 is 0 Å². The summed E-state index contributed by atoms with van der Waals surface area (Å²) in [7, 11) is 0. The summed E-state index contributed by atoms with van der Waals surface area (Å²) in [6.07, 6.45) is 1.32. The quantitative estimate of drug-likeness (QED) is 0.900. The molecule has 1 aromatic rings. The van der Waals surface area contributed by atoms with Crippen molar-refractivity contribution in [3.8, 4) is 0 Å². The molecule has 0 aromatic heterocycles. The van der Waals surface area contributed by atoms with Crippen LogP contribution in [0.1, 0.15) is 6.42 Å². The minimum Gasteiger partial charge on any atom is -0.369 e. The lowest BCUT2D eigenvalue weighted by molar-refractivity contribution is 0.196. The van der Waals surface area contributed by atoms with E-state index in [1.54, 1.807) is 0 Å². The summed E-state index contributed by atoms with van der Waals surface area (Å²) in [4.78, 5) is 5.14. The summed E-state index contributed by atoms with van der Waals surface area (Å²) in [6.45, 7) is 7.05. The number of nitrogens with one attached hydrogen (secondary N) is 1. The Hall–Kier alpha value is -0.580. The first-order chi connectivity index (χ1) is 8.83. The summed E-state index contributed by atoms with van der Waals surface area (Å²) in [5.41, 5.74) is 1.34. The minimum atomic E-state index is 0.773. The lowest BCUT2D eigenvalue weighted by atomic mass is 10.1. The topological polar surface area (TPSA) is 18.5 Å². The molecule has 3 nitrogen and oxygen atoms in total. The van der Waals surface area contributed by atoms with Crippen molar-refractivity contribution in [3.05, 3.63) is 28.7 Å². The number of hydrogen-bond acceptors (Lipinski definition) is 3. The van der Waals surface area contributed by atoms with Crippen LogP contribution in [0.15, 0.2) is 28.7 Å². The minimum absolute atomic E-state index is 0.773. The van der Waals surface area contributed by atoms with Crippen LogP contribution in [-0.2, 0) is 0 Å².